The first-order chi connectivity index (χ1) is 9.84. The minimum absolute atomic E-state index is 0.0171. The SMILES string of the molecule is COc1cccc(N2CCC(C(C)(C)C)CC2)c1[C@@H](C)N. The van der Waals surface area contributed by atoms with Crippen molar-refractivity contribution in [3.8, 4) is 5.75 Å². The summed E-state index contributed by atoms with van der Waals surface area (Å²) in [7, 11) is 1.72. The van der Waals surface area contributed by atoms with Gasteiger partial charge in [0.15, 0.2) is 0 Å². The number of ether oxygens (including phenoxy) is 1. The zero-order valence-electron chi connectivity index (χ0n) is 14.1. The highest BCUT2D eigenvalue weighted by molar-refractivity contribution is 5.61. The number of anilines is 1. The molecule has 0 unspecified atom stereocenters. The van der Waals surface area contributed by atoms with Crippen LogP contribution in [-0.4, -0.2) is 20.2 Å². The summed E-state index contributed by atoms with van der Waals surface area (Å²) in [5.74, 6) is 1.71. The molecule has 0 spiro atoms. The summed E-state index contributed by atoms with van der Waals surface area (Å²) in [4.78, 5) is 2.48. The van der Waals surface area contributed by atoms with Gasteiger partial charge in [-0.25, -0.2) is 0 Å². The lowest BCUT2D eigenvalue weighted by molar-refractivity contribution is 0.199. The van der Waals surface area contributed by atoms with E-state index in [0.717, 1.165) is 30.3 Å². The second-order valence-corrected chi connectivity index (χ2v) is 7.31. The average Bonchev–Trinajstić information content (AvgIpc) is 2.45. The van der Waals surface area contributed by atoms with Crippen LogP contribution in [0.3, 0.4) is 0 Å². The summed E-state index contributed by atoms with van der Waals surface area (Å²) < 4.78 is 5.51. The van der Waals surface area contributed by atoms with Gasteiger partial charge in [0.1, 0.15) is 5.75 Å². The fourth-order valence-electron chi connectivity index (χ4n) is 3.43. The van der Waals surface area contributed by atoms with Crippen molar-refractivity contribution in [1.82, 2.24) is 0 Å². The van der Waals surface area contributed by atoms with E-state index in [2.05, 4.69) is 37.8 Å². The summed E-state index contributed by atoms with van der Waals surface area (Å²) in [6.45, 7) is 11.3. The van der Waals surface area contributed by atoms with Crippen molar-refractivity contribution in [1.29, 1.82) is 0 Å². The molecule has 1 heterocycles. The second-order valence-electron chi connectivity index (χ2n) is 7.31. The molecule has 0 aliphatic carbocycles. The Morgan fingerprint density at radius 2 is 1.86 bits per heavy atom. The van der Waals surface area contributed by atoms with E-state index in [9.17, 15) is 0 Å². The molecule has 1 aromatic rings. The van der Waals surface area contributed by atoms with Gasteiger partial charge in [0, 0.05) is 30.4 Å². The van der Waals surface area contributed by atoms with E-state index >= 15 is 0 Å². The summed E-state index contributed by atoms with van der Waals surface area (Å²) in [6.07, 6.45) is 2.50. The van der Waals surface area contributed by atoms with Crippen LogP contribution in [0.2, 0.25) is 0 Å². The number of piperidine rings is 1. The highest BCUT2D eigenvalue weighted by Gasteiger charge is 2.30. The molecule has 1 aliphatic rings. The second kappa shape index (κ2) is 6.27. The van der Waals surface area contributed by atoms with E-state index in [-0.39, 0.29) is 6.04 Å². The van der Waals surface area contributed by atoms with E-state index in [0.29, 0.717) is 5.41 Å². The van der Waals surface area contributed by atoms with Crippen LogP contribution in [0.25, 0.3) is 0 Å². The maximum Gasteiger partial charge on any atom is 0.125 e. The van der Waals surface area contributed by atoms with Gasteiger partial charge < -0.3 is 15.4 Å². The minimum atomic E-state index is -0.0171. The summed E-state index contributed by atoms with van der Waals surface area (Å²) in [6, 6.07) is 6.23. The van der Waals surface area contributed by atoms with Crippen molar-refractivity contribution in [2.24, 2.45) is 17.1 Å². The number of hydrogen-bond acceptors (Lipinski definition) is 3. The molecular formula is C18H30N2O. The largest absolute Gasteiger partial charge is 0.496 e. The van der Waals surface area contributed by atoms with E-state index in [1.165, 1.54) is 18.5 Å². The predicted molar refractivity (Wildman–Crippen MR) is 90.0 cm³/mol. The Kier molecular flexibility index (Phi) is 4.82. The summed E-state index contributed by atoms with van der Waals surface area (Å²) in [5.41, 5.74) is 8.98. The van der Waals surface area contributed by atoms with E-state index < -0.39 is 0 Å². The van der Waals surface area contributed by atoms with Gasteiger partial charge in [-0.1, -0.05) is 26.8 Å². The molecule has 2 N–H and O–H groups in total. The lowest BCUT2D eigenvalue weighted by atomic mass is 9.75. The van der Waals surface area contributed by atoms with E-state index in [1.807, 2.05) is 13.0 Å². The Balaban J connectivity index is 2.21. The summed E-state index contributed by atoms with van der Waals surface area (Å²) >= 11 is 0. The molecule has 0 radical (unpaired) electrons. The molecule has 118 valence electrons. The van der Waals surface area contributed by atoms with Crippen molar-refractivity contribution < 1.29 is 4.74 Å². The van der Waals surface area contributed by atoms with Gasteiger partial charge in [0.05, 0.1) is 7.11 Å². The monoisotopic (exact) mass is 290 g/mol. The Hall–Kier alpha value is -1.22. The Morgan fingerprint density at radius 3 is 2.33 bits per heavy atom. The fourth-order valence-corrected chi connectivity index (χ4v) is 3.43. The third-order valence-electron chi connectivity index (χ3n) is 4.78. The first-order valence-electron chi connectivity index (χ1n) is 8.02. The first kappa shape index (κ1) is 16.2. The van der Waals surface area contributed by atoms with Crippen LogP contribution >= 0.6 is 0 Å². The Labute approximate surface area is 129 Å². The third-order valence-corrected chi connectivity index (χ3v) is 4.78. The first-order valence-corrected chi connectivity index (χ1v) is 8.02. The Bertz CT molecular complexity index is 469. The Morgan fingerprint density at radius 1 is 1.24 bits per heavy atom. The van der Waals surface area contributed by atoms with Crippen molar-refractivity contribution in [2.45, 2.75) is 46.6 Å². The summed E-state index contributed by atoms with van der Waals surface area (Å²) in [5, 5.41) is 0. The van der Waals surface area contributed by atoms with Crippen LogP contribution < -0.4 is 15.4 Å². The van der Waals surface area contributed by atoms with Gasteiger partial charge in [-0.3, -0.25) is 0 Å². The standard InChI is InChI=1S/C18H30N2O/c1-13(19)17-15(7-6-8-16(17)21-5)20-11-9-14(10-12-20)18(2,3)4/h6-8,13-14H,9-12,19H2,1-5H3/t13-/m1/s1. The average molecular weight is 290 g/mol. The molecule has 1 aliphatic heterocycles. The van der Waals surface area contributed by atoms with Crippen LogP contribution in [-0.2, 0) is 0 Å². The third kappa shape index (κ3) is 3.52. The molecule has 0 amide bonds. The number of hydrogen-bond donors (Lipinski definition) is 1. The van der Waals surface area contributed by atoms with E-state index in [4.69, 9.17) is 10.5 Å². The highest BCUT2D eigenvalue weighted by Crippen LogP contribution is 2.39. The maximum absolute atomic E-state index is 6.19. The lowest BCUT2D eigenvalue weighted by Gasteiger charge is -2.40. The molecule has 1 saturated heterocycles. The number of nitrogens with two attached hydrogens (primary N) is 1. The van der Waals surface area contributed by atoms with Gasteiger partial charge >= 0.3 is 0 Å². The van der Waals surface area contributed by atoms with Crippen LogP contribution in [0, 0.1) is 11.3 Å². The van der Waals surface area contributed by atoms with Gasteiger partial charge in [-0.05, 0) is 43.2 Å². The maximum atomic E-state index is 6.19. The van der Waals surface area contributed by atoms with Crippen LogP contribution in [0.1, 0.15) is 52.1 Å². The zero-order chi connectivity index (χ0) is 15.6. The minimum Gasteiger partial charge on any atom is -0.496 e. The van der Waals surface area contributed by atoms with Crippen LogP contribution in [0.5, 0.6) is 5.75 Å². The molecule has 0 aromatic heterocycles. The quantitative estimate of drug-likeness (QED) is 0.915. The molecule has 0 bridgehead atoms. The molecule has 1 fully saturated rings. The molecule has 1 atom stereocenters. The lowest BCUT2D eigenvalue weighted by Crippen LogP contribution is -2.38. The van der Waals surface area contributed by atoms with Crippen LogP contribution in [0.15, 0.2) is 18.2 Å². The highest BCUT2D eigenvalue weighted by atomic mass is 16.5. The molecule has 3 heteroatoms. The van der Waals surface area contributed by atoms with Crippen molar-refractivity contribution in [3.63, 3.8) is 0 Å². The molecule has 3 nitrogen and oxygen atoms in total. The topological polar surface area (TPSA) is 38.5 Å². The molecule has 21 heavy (non-hydrogen) atoms. The predicted octanol–water partition coefficient (Wildman–Crippen LogP) is 3.98. The molecule has 2 rings (SSSR count). The number of rotatable bonds is 3. The van der Waals surface area contributed by atoms with Gasteiger partial charge in [-0.15, -0.1) is 0 Å². The van der Waals surface area contributed by atoms with Crippen molar-refractivity contribution in [2.75, 3.05) is 25.1 Å². The zero-order valence-corrected chi connectivity index (χ0v) is 14.1. The number of methoxy groups -OCH3 is 1. The van der Waals surface area contributed by atoms with Gasteiger partial charge in [-0.2, -0.15) is 0 Å². The fraction of sp³-hybridized carbons (Fsp3) is 0.667. The van der Waals surface area contributed by atoms with E-state index in [1.54, 1.807) is 7.11 Å². The van der Waals surface area contributed by atoms with Gasteiger partial charge in [0.25, 0.3) is 0 Å². The normalized spacial score (nSPS) is 18.7. The number of benzene rings is 1. The molecule has 0 saturated carbocycles. The van der Waals surface area contributed by atoms with Crippen LogP contribution in [0.4, 0.5) is 5.69 Å². The molecule has 1 aromatic carbocycles. The van der Waals surface area contributed by atoms with Crippen molar-refractivity contribution in [3.05, 3.63) is 23.8 Å². The number of nitrogens with zero attached hydrogens (tertiary/aromatic N) is 1. The molecular weight excluding hydrogens is 260 g/mol. The van der Waals surface area contributed by atoms with Crippen molar-refractivity contribution >= 4 is 5.69 Å². The van der Waals surface area contributed by atoms with Gasteiger partial charge in [0.2, 0.25) is 0 Å². The smallest absolute Gasteiger partial charge is 0.125 e.